The van der Waals surface area contributed by atoms with Crippen molar-refractivity contribution >= 4 is 17.7 Å². The van der Waals surface area contributed by atoms with Crippen LogP contribution in [-0.2, 0) is 9.47 Å². The van der Waals surface area contributed by atoms with Crippen molar-refractivity contribution in [3.63, 3.8) is 0 Å². The van der Waals surface area contributed by atoms with Crippen LogP contribution in [0.25, 0.3) is 0 Å². The predicted molar refractivity (Wildman–Crippen MR) is 156 cm³/mol. The lowest BCUT2D eigenvalue weighted by atomic mass is 9.93. The number of carbonyl (C=O) groups excluding carboxylic acids is 1. The number of hydrogen-bond donors (Lipinski definition) is 3. The summed E-state index contributed by atoms with van der Waals surface area (Å²) < 4.78 is 22.6. The summed E-state index contributed by atoms with van der Waals surface area (Å²) in [6.07, 6.45) is 2.80. The predicted octanol–water partition coefficient (Wildman–Crippen LogP) is 5.59. The molecule has 0 radical (unpaired) electrons. The highest BCUT2D eigenvalue weighted by molar-refractivity contribution is 5.96. The second kappa shape index (κ2) is 14.3. The molecule has 10 nitrogen and oxygen atoms in total. The average molecular weight is 560 g/mol. The number of rotatable bonds is 11. The Morgan fingerprint density at radius 2 is 1.39 bits per heavy atom. The van der Waals surface area contributed by atoms with Gasteiger partial charge in [0.1, 0.15) is 17.1 Å². The van der Waals surface area contributed by atoms with Gasteiger partial charge in [-0.3, -0.25) is 15.6 Å². The molecule has 0 unspecified atom stereocenters. The van der Waals surface area contributed by atoms with Crippen LogP contribution in [0.3, 0.4) is 0 Å². The molecule has 1 amide bonds. The number of likely N-dealkylation sites (tertiary alicyclic amines) is 1. The quantitative estimate of drug-likeness (QED) is 0.205. The van der Waals surface area contributed by atoms with Crippen LogP contribution in [-0.4, -0.2) is 60.4 Å². The van der Waals surface area contributed by atoms with E-state index in [-0.39, 0.29) is 29.5 Å². The first kappa shape index (κ1) is 29.5. The molecule has 0 atom stereocenters. The molecule has 1 aliphatic rings. The van der Waals surface area contributed by atoms with Gasteiger partial charge >= 0.3 is 0 Å². The highest BCUT2D eigenvalue weighted by atomic mass is 16.5. The maximum absolute atomic E-state index is 13.6. The minimum Gasteiger partial charge on any atom is -0.478 e. The number of piperidine rings is 1. The molecule has 0 saturated carbocycles. The summed E-state index contributed by atoms with van der Waals surface area (Å²) in [5.74, 6) is 1.88. The standard InChI is InChI=1S/C31H37N5O5/c1-3-38-28(33)22-5-9-24(10-6-22)40-27-14-13-26(31(37)36-19-16-21(15-18-32)17-20-36)30(35-27)41-25-11-7-23(8-12-25)29(34)39-4-2/h5-14,21,33-34H,3-4,15-20,32H2,1-2H3. The van der Waals surface area contributed by atoms with Crippen molar-refractivity contribution in [3.05, 3.63) is 77.4 Å². The van der Waals surface area contributed by atoms with Crippen LogP contribution < -0.4 is 15.2 Å². The molecule has 4 N–H and O–H groups in total. The molecule has 0 bridgehead atoms. The van der Waals surface area contributed by atoms with Crippen LogP contribution in [0, 0.1) is 16.7 Å². The van der Waals surface area contributed by atoms with E-state index in [1.54, 1.807) is 60.7 Å². The third-order valence-corrected chi connectivity index (χ3v) is 6.79. The Hall–Kier alpha value is -4.44. The van der Waals surface area contributed by atoms with Gasteiger partial charge < -0.3 is 29.6 Å². The van der Waals surface area contributed by atoms with Gasteiger partial charge in [-0.15, -0.1) is 0 Å². The van der Waals surface area contributed by atoms with Crippen molar-refractivity contribution in [2.45, 2.75) is 33.1 Å². The molecule has 10 heteroatoms. The van der Waals surface area contributed by atoms with E-state index in [0.29, 0.717) is 67.0 Å². The van der Waals surface area contributed by atoms with E-state index in [4.69, 9.17) is 35.5 Å². The summed E-state index contributed by atoms with van der Waals surface area (Å²) in [6, 6.07) is 17.1. The smallest absolute Gasteiger partial charge is 0.259 e. The molecule has 0 spiro atoms. The van der Waals surface area contributed by atoms with Crippen LogP contribution in [0.4, 0.5) is 0 Å². The van der Waals surface area contributed by atoms with Crippen LogP contribution in [0.2, 0.25) is 0 Å². The van der Waals surface area contributed by atoms with Crippen LogP contribution in [0.5, 0.6) is 23.3 Å². The van der Waals surface area contributed by atoms with Gasteiger partial charge in [-0.05, 0) is 100 Å². The maximum Gasteiger partial charge on any atom is 0.259 e. The first-order chi connectivity index (χ1) is 19.9. The molecule has 2 aromatic carbocycles. The van der Waals surface area contributed by atoms with E-state index in [1.165, 1.54) is 0 Å². The Morgan fingerprint density at radius 3 is 1.90 bits per heavy atom. The van der Waals surface area contributed by atoms with Crippen LogP contribution in [0.15, 0.2) is 60.7 Å². The summed E-state index contributed by atoms with van der Waals surface area (Å²) in [7, 11) is 0. The number of ether oxygens (including phenoxy) is 4. The number of nitrogens with zero attached hydrogens (tertiary/aromatic N) is 2. The second-order valence-electron chi connectivity index (χ2n) is 9.59. The summed E-state index contributed by atoms with van der Waals surface area (Å²) in [5, 5.41) is 15.9. The van der Waals surface area contributed by atoms with Gasteiger partial charge in [0.25, 0.3) is 5.91 Å². The lowest BCUT2D eigenvalue weighted by Gasteiger charge is -2.32. The fraction of sp³-hybridized carbons (Fsp3) is 0.355. The molecule has 2 heterocycles. The molecule has 1 fully saturated rings. The van der Waals surface area contributed by atoms with Crippen molar-refractivity contribution in [1.82, 2.24) is 9.88 Å². The van der Waals surface area contributed by atoms with E-state index in [0.717, 1.165) is 19.3 Å². The molecule has 0 aliphatic carbocycles. The lowest BCUT2D eigenvalue weighted by Crippen LogP contribution is -2.39. The van der Waals surface area contributed by atoms with Gasteiger partial charge in [0.2, 0.25) is 23.6 Å². The Labute approximate surface area is 240 Å². The van der Waals surface area contributed by atoms with Crippen molar-refractivity contribution in [3.8, 4) is 23.3 Å². The zero-order valence-corrected chi connectivity index (χ0v) is 23.5. The molecule has 1 saturated heterocycles. The Morgan fingerprint density at radius 1 is 0.854 bits per heavy atom. The van der Waals surface area contributed by atoms with Crippen LogP contribution >= 0.6 is 0 Å². The SMILES string of the molecule is CCOC(=N)c1ccc(Oc2ccc(C(=O)N3CCC(CCN)CC3)c(Oc3ccc(C(=N)OCC)cc3)n2)cc1. The highest BCUT2D eigenvalue weighted by Crippen LogP contribution is 2.31. The Balaban J connectivity index is 1.57. The monoisotopic (exact) mass is 559 g/mol. The molecular weight excluding hydrogens is 522 g/mol. The minimum absolute atomic E-state index is 0.0730. The van der Waals surface area contributed by atoms with Crippen LogP contribution in [0.1, 0.15) is 54.6 Å². The number of nitrogens with one attached hydrogen (secondary N) is 2. The summed E-state index contributed by atoms with van der Waals surface area (Å²) in [4.78, 5) is 20.0. The number of amides is 1. The van der Waals surface area contributed by atoms with Crippen molar-refractivity contribution in [2.24, 2.45) is 11.7 Å². The number of nitrogens with two attached hydrogens (primary N) is 1. The zero-order chi connectivity index (χ0) is 29.2. The average Bonchev–Trinajstić information content (AvgIpc) is 2.98. The highest BCUT2D eigenvalue weighted by Gasteiger charge is 2.26. The van der Waals surface area contributed by atoms with Gasteiger partial charge in [-0.1, -0.05) is 0 Å². The van der Waals surface area contributed by atoms with Gasteiger partial charge in [0, 0.05) is 30.3 Å². The zero-order valence-electron chi connectivity index (χ0n) is 23.5. The van der Waals surface area contributed by atoms with E-state index < -0.39 is 0 Å². The minimum atomic E-state index is -0.154. The van der Waals surface area contributed by atoms with Gasteiger partial charge in [-0.25, -0.2) is 0 Å². The number of carbonyl (C=O) groups is 1. The topological polar surface area (TPSA) is 144 Å². The van der Waals surface area contributed by atoms with Crippen molar-refractivity contribution < 1.29 is 23.7 Å². The van der Waals surface area contributed by atoms with E-state index in [2.05, 4.69) is 4.98 Å². The molecule has 1 aliphatic heterocycles. The molecular formula is C31H37N5O5. The molecule has 41 heavy (non-hydrogen) atoms. The summed E-state index contributed by atoms with van der Waals surface area (Å²) in [5.41, 5.74) is 7.31. The summed E-state index contributed by atoms with van der Waals surface area (Å²) in [6.45, 7) is 6.43. The number of hydrogen-bond acceptors (Lipinski definition) is 9. The van der Waals surface area contributed by atoms with Crippen molar-refractivity contribution in [2.75, 3.05) is 32.8 Å². The van der Waals surface area contributed by atoms with Crippen molar-refractivity contribution in [1.29, 1.82) is 10.8 Å². The van der Waals surface area contributed by atoms with E-state index in [1.807, 2.05) is 18.7 Å². The third kappa shape index (κ3) is 7.82. The Kier molecular flexibility index (Phi) is 10.3. The van der Waals surface area contributed by atoms with E-state index >= 15 is 0 Å². The molecule has 4 rings (SSSR count). The first-order valence-electron chi connectivity index (χ1n) is 13.9. The third-order valence-electron chi connectivity index (χ3n) is 6.79. The molecule has 3 aromatic rings. The molecule has 1 aromatic heterocycles. The molecule has 216 valence electrons. The fourth-order valence-electron chi connectivity index (χ4n) is 4.59. The number of aromatic nitrogens is 1. The largest absolute Gasteiger partial charge is 0.478 e. The maximum atomic E-state index is 13.6. The summed E-state index contributed by atoms with van der Waals surface area (Å²) >= 11 is 0. The number of pyridine rings is 1. The normalized spacial score (nSPS) is 13.4. The lowest BCUT2D eigenvalue weighted by molar-refractivity contribution is 0.0684. The van der Waals surface area contributed by atoms with Gasteiger partial charge in [0.05, 0.1) is 13.2 Å². The Bertz CT molecular complexity index is 1340. The number of benzene rings is 2. The second-order valence-corrected chi connectivity index (χ2v) is 9.59. The van der Waals surface area contributed by atoms with Gasteiger partial charge in [0.15, 0.2) is 0 Å². The van der Waals surface area contributed by atoms with Gasteiger partial charge in [-0.2, -0.15) is 4.98 Å². The fourth-order valence-corrected chi connectivity index (χ4v) is 4.59. The first-order valence-corrected chi connectivity index (χ1v) is 13.9. The van der Waals surface area contributed by atoms with E-state index in [9.17, 15) is 4.79 Å².